The lowest BCUT2D eigenvalue weighted by atomic mass is 9.88. The topological polar surface area (TPSA) is 38.8 Å². The van der Waals surface area contributed by atoms with E-state index in [4.69, 9.17) is 9.47 Å². The van der Waals surface area contributed by atoms with Crippen LogP contribution in [0.2, 0.25) is 0 Å². The number of nitrogens with zero attached hydrogens (tertiary/aromatic N) is 1. The van der Waals surface area contributed by atoms with Crippen LogP contribution in [0.25, 0.3) is 0 Å². The van der Waals surface area contributed by atoms with Gasteiger partial charge in [-0.25, -0.2) is 0 Å². The van der Waals surface area contributed by atoms with Crippen molar-refractivity contribution in [2.24, 2.45) is 0 Å². The van der Waals surface area contributed by atoms with Gasteiger partial charge in [-0.05, 0) is 26.8 Å². The molecule has 88 valence electrons. The van der Waals surface area contributed by atoms with E-state index in [1.807, 2.05) is 6.92 Å². The summed E-state index contributed by atoms with van der Waals surface area (Å²) >= 11 is 0. The first-order valence-corrected chi connectivity index (χ1v) is 5.51. The van der Waals surface area contributed by atoms with Gasteiger partial charge in [-0.15, -0.1) is 0 Å². The van der Waals surface area contributed by atoms with E-state index in [9.17, 15) is 4.79 Å². The van der Waals surface area contributed by atoms with Gasteiger partial charge in [0.2, 0.25) is 0 Å². The zero-order chi connectivity index (χ0) is 11.3. The van der Waals surface area contributed by atoms with Gasteiger partial charge < -0.3 is 14.4 Å². The lowest BCUT2D eigenvalue weighted by Crippen LogP contribution is -2.45. The minimum Gasteiger partial charge on any atom is -0.466 e. The standard InChI is InChI=1S/C11H21NO3/c1-4-15-10(13)9-11(14-3)5-7-12(2)8-6-11/h4-9H2,1-3H3. The molecule has 0 amide bonds. The minimum atomic E-state index is -0.293. The van der Waals surface area contributed by atoms with Crippen molar-refractivity contribution in [3.63, 3.8) is 0 Å². The molecule has 0 unspecified atom stereocenters. The Kier molecular flexibility index (Phi) is 4.54. The molecule has 0 atom stereocenters. The van der Waals surface area contributed by atoms with E-state index in [1.54, 1.807) is 7.11 Å². The molecule has 4 heteroatoms. The van der Waals surface area contributed by atoms with Crippen LogP contribution in [0.3, 0.4) is 0 Å². The van der Waals surface area contributed by atoms with Crippen LogP contribution in [0.1, 0.15) is 26.2 Å². The lowest BCUT2D eigenvalue weighted by molar-refractivity contribution is -0.152. The van der Waals surface area contributed by atoms with Gasteiger partial charge in [0.25, 0.3) is 0 Å². The Morgan fingerprint density at radius 2 is 2.00 bits per heavy atom. The molecule has 0 spiro atoms. The second-order valence-electron chi connectivity index (χ2n) is 4.17. The molecule has 0 aromatic rings. The van der Waals surface area contributed by atoms with Crippen molar-refractivity contribution in [2.75, 3.05) is 33.9 Å². The fraction of sp³-hybridized carbons (Fsp3) is 0.909. The summed E-state index contributed by atoms with van der Waals surface area (Å²) in [5.41, 5.74) is -0.293. The number of likely N-dealkylation sites (tertiary alicyclic amines) is 1. The SMILES string of the molecule is CCOC(=O)CC1(OC)CCN(C)CC1. The average molecular weight is 215 g/mol. The van der Waals surface area contributed by atoms with Crippen LogP contribution in [0.5, 0.6) is 0 Å². The first-order chi connectivity index (χ1) is 7.12. The fourth-order valence-corrected chi connectivity index (χ4v) is 1.95. The molecule has 0 aliphatic carbocycles. The molecule has 1 heterocycles. The number of rotatable bonds is 4. The summed E-state index contributed by atoms with van der Waals surface area (Å²) in [6, 6.07) is 0. The molecule has 0 N–H and O–H groups in total. The Labute approximate surface area is 91.5 Å². The molecule has 15 heavy (non-hydrogen) atoms. The van der Waals surface area contributed by atoms with Crippen LogP contribution < -0.4 is 0 Å². The number of carbonyl (C=O) groups excluding carboxylic acids is 1. The normalized spacial score (nSPS) is 21.3. The maximum absolute atomic E-state index is 11.4. The van der Waals surface area contributed by atoms with Gasteiger partial charge in [0, 0.05) is 20.2 Å². The van der Waals surface area contributed by atoms with Gasteiger partial charge in [-0.3, -0.25) is 4.79 Å². The van der Waals surface area contributed by atoms with E-state index in [0.29, 0.717) is 13.0 Å². The summed E-state index contributed by atoms with van der Waals surface area (Å²) in [6.07, 6.45) is 2.18. The van der Waals surface area contributed by atoms with Gasteiger partial charge in [-0.2, -0.15) is 0 Å². The smallest absolute Gasteiger partial charge is 0.308 e. The predicted molar refractivity (Wildman–Crippen MR) is 57.7 cm³/mol. The van der Waals surface area contributed by atoms with Crippen LogP contribution >= 0.6 is 0 Å². The van der Waals surface area contributed by atoms with E-state index >= 15 is 0 Å². The molecule has 0 bridgehead atoms. The lowest BCUT2D eigenvalue weighted by Gasteiger charge is -2.38. The molecule has 0 aromatic carbocycles. The number of hydrogen-bond acceptors (Lipinski definition) is 4. The van der Waals surface area contributed by atoms with Gasteiger partial charge in [-0.1, -0.05) is 0 Å². The molecule has 0 aromatic heterocycles. The summed E-state index contributed by atoms with van der Waals surface area (Å²) in [5.74, 6) is -0.149. The van der Waals surface area contributed by atoms with Gasteiger partial charge >= 0.3 is 5.97 Å². The third kappa shape index (κ3) is 3.47. The molecule has 1 saturated heterocycles. The van der Waals surface area contributed by atoms with Crippen molar-refractivity contribution in [2.45, 2.75) is 31.8 Å². The van der Waals surface area contributed by atoms with Crippen molar-refractivity contribution >= 4 is 5.97 Å². The van der Waals surface area contributed by atoms with E-state index < -0.39 is 0 Å². The van der Waals surface area contributed by atoms with Crippen molar-refractivity contribution in [1.82, 2.24) is 4.90 Å². The number of hydrogen-bond donors (Lipinski definition) is 0. The molecular weight excluding hydrogens is 194 g/mol. The first kappa shape index (κ1) is 12.5. The van der Waals surface area contributed by atoms with E-state index in [2.05, 4.69) is 11.9 Å². The minimum absolute atomic E-state index is 0.149. The Morgan fingerprint density at radius 1 is 1.40 bits per heavy atom. The summed E-state index contributed by atoms with van der Waals surface area (Å²) in [5, 5.41) is 0. The molecule has 4 nitrogen and oxygen atoms in total. The maximum atomic E-state index is 11.4. The number of methoxy groups -OCH3 is 1. The van der Waals surface area contributed by atoms with Gasteiger partial charge in [0.1, 0.15) is 0 Å². The quantitative estimate of drug-likeness (QED) is 0.657. The van der Waals surface area contributed by atoms with Crippen LogP contribution in [0.4, 0.5) is 0 Å². The van der Waals surface area contributed by atoms with Crippen LogP contribution in [-0.2, 0) is 14.3 Å². The third-order valence-electron chi connectivity index (χ3n) is 3.10. The highest BCUT2D eigenvalue weighted by Crippen LogP contribution is 2.29. The first-order valence-electron chi connectivity index (χ1n) is 5.51. The average Bonchev–Trinajstić information content (AvgIpc) is 2.22. The predicted octanol–water partition coefficient (Wildman–Crippen LogP) is 1.05. The van der Waals surface area contributed by atoms with E-state index in [0.717, 1.165) is 25.9 Å². The molecule has 1 aliphatic rings. The van der Waals surface area contributed by atoms with E-state index in [1.165, 1.54) is 0 Å². The molecule has 0 radical (unpaired) electrons. The largest absolute Gasteiger partial charge is 0.466 e. The zero-order valence-corrected chi connectivity index (χ0v) is 9.91. The molecule has 1 rings (SSSR count). The number of esters is 1. The molecular formula is C11H21NO3. The van der Waals surface area contributed by atoms with Crippen molar-refractivity contribution < 1.29 is 14.3 Å². The summed E-state index contributed by atoms with van der Waals surface area (Å²) in [7, 11) is 3.77. The number of carbonyl (C=O) groups is 1. The summed E-state index contributed by atoms with van der Waals surface area (Å²) in [6.45, 7) is 4.23. The highest BCUT2D eigenvalue weighted by molar-refractivity contribution is 5.70. The number of piperidine rings is 1. The van der Waals surface area contributed by atoms with Crippen molar-refractivity contribution in [3.8, 4) is 0 Å². The summed E-state index contributed by atoms with van der Waals surface area (Å²) in [4.78, 5) is 13.7. The van der Waals surface area contributed by atoms with Crippen molar-refractivity contribution in [3.05, 3.63) is 0 Å². The van der Waals surface area contributed by atoms with Crippen LogP contribution in [0.15, 0.2) is 0 Å². The fourth-order valence-electron chi connectivity index (χ4n) is 1.95. The second kappa shape index (κ2) is 5.47. The molecule has 1 fully saturated rings. The Bertz CT molecular complexity index is 210. The summed E-state index contributed by atoms with van der Waals surface area (Å²) < 4.78 is 10.5. The van der Waals surface area contributed by atoms with Crippen LogP contribution in [-0.4, -0.2) is 50.3 Å². The Morgan fingerprint density at radius 3 is 2.47 bits per heavy atom. The van der Waals surface area contributed by atoms with Gasteiger partial charge in [0.05, 0.1) is 18.6 Å². The van der Waals surface area contributed by atoms with Gasteiger partial charge in [0.15, 0.2) is 0 Å². The highest BCUT2D eigenvalue weighted by atomic mass is 16.5. The third-order valence-corrected chi connectivity index (χ3v) is 3.10. The Balaban J connectivity index is 2.49. The highest BCUT2D eigenvalue weighted by Gasteiger charge is 2.36. The maximum Gasteiger partial charge on any atom is 0.308 e. The van der Waals surface area contributed by atoms with Crippen molar-refractivity contribution in [1.29, 1.82) is 0 Å². The number of ether oxygens (including phenoxy) is 2. The monoisotopic (exact) mass is 215 g/mol. The van der Waals surface area contributed by atoms with Crippen LogP contribution in [0, 0.1) is 0 Å². The second-order valence-corrected chi connectivity index (χ2v) is 4.17. The Hall–Kier alpha value is -0.610. The van der Waals surface area contributed by atoms with E-state index in [-0.39, 0.29) is 11.6 Å². The molecule has 1 aliphatic heterocycles. The zero-order valence-electron chi connectivity index (χ0n) is 9.91. The molecule has 0 saturated carbocycles.